The van der Waals surface area contributed by atoms with Gasteiger partial charge in [0.2, 0.25) is 5.88 Å². The molecule has 0 radical (unpaired) electrons. The third-order valence-electron chi connectivity index (χ3n) is 5.48. The first-order chi connectivity index (χ1) is 15.9. The number of halogens is 3. The Morgan fingerprint density at radius 3 is 2.36 bits per heavy atom. The Morgan fingerprint density at radius 2 is 1.73 bits per heavy atom. The second kappa shape index (κ2) is 15.4. The lowest BCUT2D eigenvalue weighted by Gasteiger charge is -2.09. The quantitative estimate of drug-likeness (QED) is 0.286. The second-order valence-corrected chi connectivity index (χ2v) is 9.35. The second-order valence-electron chi connectivity index (χ2n) is 8.10. The molecule has 2 N–H and O–H groups in total. The molecule has 0 spiro atoms. The molecule has 2 heterocycles. The lowest BCUT2D eigenvalue weighted by molar-refractivity contribution is -0.138. The fourth-order valence-corrected chi connectivity index (χ4v) is 4.53. The molecule has 33 heavy (non-hydrogen) atoms. The summed E-state index contributed by atoms with van der Waals surface area (Å²) in [5.41, 5.74) is 1.60. The first-order valence-electron chi connectivity index (χ1n) is 11.6. The molecule has 1 aromatic carbocycles. The SMILES string of the molecule is CCCCCCCCCCNCc1c(Cl)cc(Cl)cc1Cl.O=C(O)C1COc2ncccc21. The Labute approximate surface area is 211 Å². The number of hydrogen-bond acceptors (Lipinski definition) is 4. The first-order valence-corrected chi connectivity index (χ1v) is 12.7. The number of rotatable bonds is 12. The summed E-state index contributed by atoms with van der Waals surface area (Å²) in [5.74, 6) is -0.958. The van der Waals surface area contributed by atoms with Crippen LogP contribution >= 0.6 is 34.8 Å². The maximum atomic E-state index is 10.7. The van der Waals surface area contributed by atoms with Crippen LogP contribution in [-0.2, 0) is 11.3 Å². The van der Waals surface area contributed by atoms with Crippen molar-refractivity contribution in [3.8, 4) is 5.88 Å². The molecule has 1 atom stereocenters. The van der Waals surface area contributed by atoms with E-state index in [1.54, 1.807) is 30.5 Å². The van der Waals surface area contributed by atoms with Gasteiger partial charge < -0.3 is 15.2 Å². The highest BCUT2D eigenvalue weighted by Crippen LogP contribution is 2.31. The van der Waals surface area contributed by atoms with Crippen LogP contribution in [-0.4, -0.2) is 29.2 Å². The number of unbranched alkanes of at least 4 members (excludes halogenated alkanes) is 7. The van der Waals surface area contributed by atoms with Gasteiger partial charge in [-0.05, 0) is 31.2 Å². The topological polar surface area (TPSA) is 71.5 Å². The van der Waals surface area contributed by atoms with Crippen LogP contribution < -0.4 is 10.1 Å². The highest BCUT2D eigenvalue weighted by atomic mass is 35.5. The summed E-state index contributed by atoms with van der Waals surface area (Å²) in [5, 5.41) is 14.0. The molecule has 0 aliphatic carbocycles. The van der Waals surface area contributed by atoms with Crippen LogP contribution in [0.5, 0.6) is 5.88 Å². The van der Waals surface area contributed by atoms with Crippen molar-refractivity contribution in [2.75, 3.05) is 13.2 Å². The highest BCUT2D eigenvalue weighted by Gasteiger charge is 2.30. The largest absolute Gasteiger partial charge is 0.481 e. The van der Waals surface area contributed by atoms with Gasteiger partial charge in [0.25, 0.3) is 0 Å². The van der Waals surface area contributed by atoms with Crippen LogP contribution in [0, 0.1) is 0 Å². The normalized spacial score (nSPS) is 14.2. The van der Waals surface area contributed by atoms with Crippen molar-refractivity contribution in [2.24, 2.45) is 0 Å². The number of aromatic nitrogens is 1. The number of nitrogens with zero attached hydrogens (tertiary/aromatic N) is 1. The third-order valence-corrected chi connectivity index (χ3v) is 6.37. The molecular weight excluding hydrogens is 483 g/mol. The summed E-state index contributed by atoms with van der Waals surface area (Å²) in [7, 11) is 0. The molecule has 2 aromatic rings. The molecule has 1 aromatic heterocycles. The summed E-state index contributed by atoms with van der Waals surface area (Å²) in [6, 6.07) is 6.92. The van der Waals surface area contributed by atoms with Crippen LogP contribution in [0.3, 0.4) is 0 Å². The lowest BCUT2D eigenvalue weighted by Crippen LogP contribution is -2.15. The van der Waals surface area contributed by atoms with Gasteiger partial charge >= 0.3 is 5.97 Å². The monoisotopic (exact) mass is 514 g/mol. The van der Waals surface area contributed by atoms with Gasteiger partial charge in [-0.15, -0.1) is 0 Å². The number of carboxylic acids is 1. The number of benzene rings is 1. The van der Waals surface area contributed by atoms with Crippen molar-refractivity contribution < 1.29 is 14.6 Å². The smallest absolute Gasteiger partial charge is 0.314 e. The van der Waals surface area contributed by atoms with Crippen LogP contribution in [0.15, 0.2) is 30.5 Å². The van der Waals surface area contributed by atoms with E-state index in [4.69, 9.17) is 44.6 Å². The molecule has 0 bridgehead atoms. The highest BCUT2D eigenvalue weighted by molar-refractivity contribution is 6.39. The summed E-state index contributed by atoms with van der Waals surface area (Å²) in [4.78, 5) is 14.6. The molecule has 0 saturated carbocycles. The molecule has 5 nitrogen and oxygen atoms in total. The van der Waals surface area contributed by atoms with Gasteiger partial charge in [-0.3, -0.25) is 4.79 Å². The standard InChI is InChI=1S/C17H26Cl3N.C8H7NO3/c1-2-3-4-5-6-7-8-9-10-21-13-15-16(19)11-14(18)12-17(15)20;10-8(11)6-4-12-7-5(6)2-1-3-9-7/h11-12,21H,2-10,13H2,1H3;1-3,6H,4H2,(H,10,11). The zero-order valence-corrected chi connectivity index (χ0v) is 21.4. The van der Waals surface area contributed by atoms with E-state index in [-0.39, 0.29) is 6.61 Å². The fraction of sp³-hybridized carbons (Fsp3) is 0.520. The zero-order valence-electron chi connectivity index (χ0n) is 19.1. The molecule has 3 rings (SSSR count). The summed E-state index contributed by atoms with van der Waals surface area (Å²) >= 11 is 18.2. The van der Waals surface area contributed by atoms with Gasteiger partial charge in [-0.25, -0.2) is 4.98 Å². The van der Waals surface area contributed by atoms with E-state index in [2.05, 4.69) is 17.2 Å². The Hall–Kier alpha value is -1.53. The number of nitrogens with one attached hydrogen (secondary N) is 1. The molecule has 0 saturated heterocycles. The van der Waals surface area contributed by atoms with Crippen molar-refractivity contribution in [1.82, 2.24) is 10.3 Å². The minimum absolute atomic E-state index is 0.196. The van der Waals surface area contributed by atoms with Crippen molar-refractivity contribution in [2.45, 2.75) is 70.8 Å². The first kappa shape index (κ1) is 27.7. The van der Waals surface area contributed by atoms with Gasteiger partial charge in [0.15, 0.2) is 0 Å². The lowest BCUT2D eigenvalue weighted by atomic mass is 10.0. The predicted octanol–water partition coefficient (Wildman–Crippen LogP) is 7.52. The number of carbonyl (C=O) groups is 1. The van der Waals surface area contributed by atoms with Crippen molar-refractivity contribution >= 4 is 40.8 Å². The van der Waals surface area contributed by atoms with Crippen molar-refractivity contribution in [3.63, 3.8) is 0 Å². The average Bonchev–Trinajstić information content (AvgIpc) is 3.21. The molecule has 182 valence electrons. The van der Waals surface area contributed by atoms with E-state index in [1.807, 2.05) is 0 Å². The number of ether oxygens (including phenoxy) is 1. The Kier molecular flexibility index (Phi) is 12.9. The summed E-state index contributed by atoms with van der Waals surface area (Å²) in [6.45, 7) is 4.15. The van der Waals surface area contributed by atoms with E-state index >= 15 is 0 Å². The Bertz CT molecular complexity index is 857. The fourth-order valence-electron chi connectivity index (χ4n) is 3.58. The molecule has 1 aliphatic heterocycles. The van der Waals surface area contributed by atoms with Crippen LogP contribution in [0.2, 0.25) is 15.1 Å². The number of aliphatic carboxylic acids is 1. The van der Waals surface area contributed by atoms with Gasteiger partial charge in [0.1, 0.15) is 12.5 Å². The molecular formula is C25H33Cl3N2O3. The maximum absolute atomic E-state index is 10.7. The summed E-state index contributed by atoms with van der Waals surface area (Å²) < 4.78 is 5.08. The Morgan fingerprint density at radius 1 is 1.09 bits per heavy atom. The van der Waals surface area contributed by atoms with E-state index in [9.17, 15) is 4.79 Å². The zero-order chi connectivity index (χ0) is 24.1. The minimum Gasteiger partial charge on any atom is -0.481 e. The van der Waals surface area contributed by atoms with Crippen molar-refractivity contribution in [3.05, 3.63) is 56.7 Å². The Balaban J connectivity index is 0.000000268. The average molecular weight is 516 g/mol. The summed E-state index contributed by atoms with van der Waals surface area (Å²) in [6.07, 6.45) is 12.3. The maximum Gasteiger partial charge on any atom is 0.314 e. The van der Waals surface area contributed by atoms with Gasteiger partial charge in [0, 0.05) is 38.9 Å². The van der Waals surface area contributed by atoms with Crippen molar-refractivity contribution in [1.29, 1.82) is 0 Å². The van der Waals surface area contributed by atoms with Gasteiger partial charge in [-0.1, -0.05) is 92.7 Å². The minimum atomic E-state index is -0.859. The molecule has 8 heteroatoms. The van der Waals surface area contributed by atoms with Crippen LogP contribution in [0.1, 0.15) is 75.3 Å². The molecule has 0 amide bonds. The molecule has 1 unspecified atom stereocenters. The van der Waals surface area contributed by atoms with E-state index in [1.165, 1.54) is 51.4 Å². The molecule has 1 aliphatic rings. The van der Waals surface area contributed by atoms with Gasteiger partial charge in [-0.2, -0.15) is 0 Å². The van der Waals surface area contributed by atoms with Crippen LogP contribution in [0.4, 0.5) is 0 Å². The van der Waals surface area contributed by atoms with Gasteiger partial charge in [0.05, 0.1) is 0 Å². The third kappa shape index (κ3) is 9.70. The predicted molar refractivity (Wildman–Crippen MR) is 136 cm³/mol. The number of hydrogen-bond donors (Lipinski definition) is 2. The number of fused-ring (bicyclic) bond motifs is 1. The van der Waals surface area contributed by atoms with E-state index in [0.717, 1.165) is 12.1 Å². The molecule has 0 fully saturated rings. The number of pyridine rings is 1. The number of carboxylic acid groups (broad SMARTS) is 1. The van der Waals surface area contributed by atoms with E-state index < -0.39 is 11.9 Å². The van der Waals surface area contributed by atoms with E-state index in [0.29, 0.717) is 33.1 Å². The van der Waals surface area contributed by atoms with Crippen LogP contribution in [0.25, 0.3) is 0 Å².